The Bertz CT molecular complexity index is 857. The van der Waals surface area contributed by atoms with Gasteiger partial charge in [0.25, 0.3) is 0 Å². The Morgan fingerprint density at radius 3 is 2.64 bits per heavy atom. The number of cyclic esters (lactones) is 1. The van der Waals surface area contributed by atoms with Crippen LogP contribution in [-0.2, 0) is 27.2 Å². The zero-order valence-corrected chi connectivity index (χ0v) is 15.0. The fourth-order valence-corrected chi connectivity index (χ4v) is 3.20. The topological polar surface area (TPSA) is 96.8 Å². The fraction of sp³-hybridized carbons (Fsp3) is 0.300. The third kappa shape index (κ3) is 4.70. The molecule has 1 aromatic carbocycles. The van der Waals surface area contributed by atoms with Crippen LogP contribution in [0.5, 0.6) is 0 Å². The number of pyridine rings is 1. The van der Waals surface area contributed by atoms with Gasteiger partial charge < -0.3 is 9.84 Å². The Morgan fingerprint density at radius 1 is 1.25 bits per heavy atom. The van der Waals surface area contributed by atoms with E-state index >= 15 is 0 Å². The van der Waals surface area contributed by atoms with Crippen LogP contribution in [0.25, 0.3) is 0 Å². The highest BCUT2D eigenvalue weighted by molar-refractivity contribution is 5.96. The Morgan fingerprint density at radius 2 is 2.00 bits per heavy atom. The van der Waals surface area contributed by atoms with Gasteiger partial charge in [0.15, 0.2) is 0 Å². The molecule has 146 valence electrons. The number of nitrogens with zero attached hydrogens (tertiary/aromatic N) is 2. The van der Waals surface area contributed by atoms with Crippen LogP contribution in [0.15, 0.2) is 48.7 Å². The predicted molar refractivity (Wildman–Crippen MR) is 95.8 cm³/mol. The van der Waals surface area contributed by atoms with Gasteiger partial charge in [0.05, 0.1) is 24.6 Å². The molecular formula is C20H19FN2O5. The number of aliphatic carboxylic acids is 1. The van der Waals surface area contributed by atoms with Crippen LogP contribution in [-0.4, -0.2) is 45.6 Å². The van der Waals surface area contributed by atoms with Crippen molar-refractivity contribution in [3.05, 3.63) is 65.7 Å². The first kappa shape index (κ1) is 19.5. The molecule has 2 heterocycles. The van der Waals surface area contributed by atoms with E-state index < -0.39 is 42.2 Å². The molecule has 3 rings (SSSR count). The summed E-state index contributed by atoms with van der Waals surface area (Å²) in [7, 11) is 0. The van der Waals surface area contributed by atoms with Crippen molar-refractivity contribution in [2.75, 3.05) is 6.61 Å². The van der Waals surface area contributed by atoms with Crippen LogP contribution in [0.1, 0.15) is 17.7 Å². The third-order valence-corrected chi connectivity index (χ3v) is 4.53. The standard InChI is InChI=1S/C20H19FN2O5/c21-15-6-7-16(22-11-15)9-14(10-18(24)25)19(26)23-17(12-28-20(23)27)8-13-4-2-1-3-5-13/h1-7,11,14,17H,8-10,12H2,(H,24,25)/t14?,17-/m1/s1. The van der Waals surface area contributed by atoms with Gasteiger partial charge in [-0.2, -0.15) is 0 Å². The van der Waals surface area contributed by atoms with E-state index in [-0.39, 0.29) is 13.0 Å². The first-order valence-electron chi connectivity index (χ1n) is 8.80. The largest absolute Gasteiger partial charge is 0.481 e. The number of carbonyl (C=O) groups excluding carboxylic acids is 2. The Labute approximate surface area is 160 Å². The van der Waals surface area contributed by atoms with E-state index in [2.05, 4.69) is 4.98 Å². The second-order valence-corrected chi connectivity index (χ2v) is 6.60. The second-order valence-electron chi connectivity index (χ2n) is 6.60. The van der Waals surface area contributed by atoms with Gasteiger partial charge in [0, 0.05) is 12.1 Å². The Balaban J connectivity index is 1.79. The van der Waals surface area contributed by atoms with Crippen LogP contribution < -0.4 is 0 Å². The molecule has 0 radical (unpaired) electrons. The Kier molecular flexibility index (Phi) is 5.98. The van der Waals surface area contributed by atoms with Gasteiger partial charge in [-0.25, -0.2) is 14.1 Å². The first-order chi connectivity index (χ1) is 13.4. The van der Waals surface area contributed by atoms with E-state index in [1.807, 2.05) is 30.3 Å². The number of carboxylic acid groups (broad SMARTS) is 1. The number of carboxylic acids is 1. The van der Waals surface area contributed by atoms with E-state index in [0.29, 0.717) is 12.1 Å². The molecule has 1 unspecified atom stereocenters. The van der Waals surface area contributed by atoms with Gasteiger partial charge >= 0.3 is 12.1 Å². The zero-order valence-electron chi connectivity index (χ0n) is 15.0. The third-order valence-electron chi connectivity index (χ3n) is 4.53. The molecule has 0 spiro atoms. The maximum atomic E-state index is 13.1. The maximum Gasteiger partial charge on any atom is 0.416 e. The number of halogens is 1. The van der Waals surface area contributed by atoms with Crippen molar-refractivity contribution in [2.45, 2.75) is 25.3 Å². The molecule has 0 bridgehead atoms. The van der Waals surface area contributed by atoms with Gasteiger partial charge in [0.1, 0.15) is 12.4 Å². The molecule has 1 aliphatic heterocycles. The van der Waals surface area contributed by atoms with Crippen molar-refractivity contribution in [1.82, 2.24) is 9.88 Å². The molecule has 1 fully saturated rings. The van der Waals surface area contributed by atoms with Crippen molar-refractivity contribution in [3.63, 3.8) is 0 Å². The smallest absolute Gasteiger partial charge is 0.416 e. The summed E-state index contributed by atoms with van der Waals surface area (Å²) in [5.41, 5.74) is 1.30. The van der Waals surface area contributed by atoms with Gasteiger partial charge in [-0.05, 0) is 24.1 Å². The molecule has 28 heavy (non-hydrogen) atoms. The summed E-state index contributed by atoms with van der Waals surface area (Å²) >= 11 is 0. The average molecular weight is 386 g/mol. The van der Waals surface area contributed by atoms with Crippen molar-refractivity contribution in [3.8, 4) is 0 Å². The number of hydrogen-bond acceptors (Lipinski definition) is 5. The van der Waals surface area contributed by atoms with Gasteiger partial charge in [-0.15, -0.1) is 0 Å². The summed E-state index contributed by atoms with van der Waals surface area (Å²) in [6.45, 7) is 0.0497. The lowest BCUT2D eigenvalue weighted by molar-refractivity contribution is -0.143. The first-order valence-corrected chi connectivity index (χ1v) is 8.80. The number of rotatable bonds is 7. The van der Waals surface area contributed by atoms with Crippen molar-refractivity contribution in [1.29, 1.82) is 0 Å². The van der Waals surface area contributed by atoms with E-state index in [4.69, 9.17) is 4.74 Å². The molecule has 2 aromatic rings. The average Bonchev–Trinajstić information content (AvgIpc) is 3.03. The monoisotopic (exact) mass is 386 g/mol. The number of carbonyl (C=O) groups is 3. The number of aromatic nitrogens is 1. The second kappa shape index (κ2) is 8.60. The van der Waals surface area contributed by atoms with Crippen molar-refractivity contribution >= 4 is 18.0 Å². The molecule has 2 amide bonds. The van der Waals surface area contributed by atoms with Crippen molar-refractivity contribution < 1.29 is 28.6 Å². The maximum absolute atomic E-state index is 13.1. The Hall–Kier alpha value is -3.29. The van der Waals surface area contributed by atoms with Crippen LogP contribution in [0.3, 0.4) is 0 Å². The lowest BCUT2D eigenvalue weighted by atomic mass is 9.96. The number of ether oxygens (including phenoxy) is 1. The summed E-state index contributed by atoms with van der Waals surface area (Å²) in [5.74, 6) is -3.35. The molecule has 1 aliphatic rings. The number of benzene rings is 1. The number of amides is 2. The normalized spacial score (nSPS) is 17.2. The highest BCUT2D eigenvalue weighted by Gasteiger charge is 2.41. The minimum atomic E-state index is -1.17. The van der Waals surface area contributed by atoms with Crippen LogP contribution >= 0.6 is 0 Å². The molecule has 8 heteroatoms. The quantitative estimate of drug-likeness (QED) is 0.785. The van der Waals surface area contributed by atoms with Gasteiger partial charge in [-0.1, -0.05) is 30.3 Å². The summed E-state index contributed by atoms with van der Waals surface area (Å²) in [4.78, 5) is 41.3. The minimum Gasteiger partial charge on any atom is -0.481 e. The van der Waals surface area contributed by atoms with Crippen LogP contribution in [0.4, 0.5) is 9.18 Å². The lowest BCUT2D eigenvalue weighted by Crippen LogP contribution is -2.44. The molecule has 1 N–H and O–H groups in total. The SMILES string of the molecule is O=C(O)CC(Cc1ccc(F)cn1)C(=O)N1C(=O)OC[C@H]1Cc1ccccc1. The number of imide groups is 1. The fourth-order valence-electron chi connectivity index (χ4n) is 3.20. The van der Waals surface area contributed by atoms with Crippen LogP contribution in [0.2, 0.25) is 0 Å². The molecule has 0 aliphatic carbocycles. The van der Waals surface area contributed by atoms with E-state index in [9.17, 15) is 23.9 Å². The van der Waals surface area contributed by atoms with E-state index in [1.165, 1.54) is 12.1 Å². The molecular weight excluding hydrogens is 367 g/mol. The highest BCUT2D eigenvalue weighted by Crippen LogP contribution is 2.23. The van der Waals surface area contributed by atoms with Gasteiger partial charge in [0.2, 0.25) is 5.91 Å². The molecule has 1 saturated heterocycles. The van der Waals surface area contributed by atoms with Gasteiger partial charge in [-0.3, -0.25) is 14.6 Å². The summed E-state index contributed by atoms with van der Waals surface area (Å²) in [6.07, 6.45) is 0.133. The van der Waals surface area contributed by atoms with Crippen LogP contribution in [0, 0.1) is 11.7 Å². The molecule has 7 nitrogen and oxygen atoms in total. The summed E-state index contributed by atoms with van der Waals surface area (Å²) < 4.78 is 18.1. The summed E-state index contributed by atoms with van der Waals surface area (Å²) in [6, 6.07) is 11.4. The lowest BCUT2D eigenvalue weighted by Gasteiger charge is -2.24. The van der Waals surface area contributed by atoms with Crippen molar-refractivity contribution in [2.24, 2.45) is 5.92 Å². The number of hydrogen-bond donors (Lipinski definition) is 1. The zero-order chi connectivity index (χ0) is 20.1. The van der Waals surface area contributed by atoms with E-state index in [0.717, 1.165) is 16.7 Å². The minimum absolute atomic E-state index is 0.0206. The predicted octanol–water partition coefficient (Wildman–Crippen LogP) is 2.44. The molecule has 0 saturated carbocycles. The summed E-state index contributed by atoms with van der Waals surface area (Å²) in [5, 5.41) is 9.20. The van der Waals surface area contributed by atoms with E-state index in [1.54, 1.807) is 0 Å². The molecule has 1 aromatic heterocycles. The highest BCUT2D eigenvalue weighted by atomic mass is 19.1. The molecule has 2 atom stereocenters.